The number of likely N-dealkylation sites (N-methyl/N-ethyl adjacent to an activating group) is 1. The molecule has 198 valence electrons. The first kappa shape index (κ1) is 33.2. The largest absolute Gasteiger partial charge is 0.386 e. The van der Waals surface area contributed by atoms with Gasteiger partial charge in [0.05, 0.1) is 19.6 Å². The van der Waals surface area contributed by atoms with Gasteiger partial charge in [0.2, 0.25) is 0 Å². The Balaban J connectivity index is 3.91. The standard InChI is InChI=1S/C28H59N2OS2/c1-6-11-12-13-14-15-16-17-18-19-20-21-22-23-24-30(9-4,10-5)25-27(31)26-33-28(32)29(7-2)8-3/h27,31H,6-26H2,1-5H3/q+1. The predicted molar refractivity (Wildman–Crippen MR) is 155 cm³/mol. The molecular weight excluding hydrogens is 444 g/mol. The van der Waals surface area contributed by atoms with Crippen molar-refractivity contribution in [1.29, 1.82) is 0 Å². The summed E-state index contributed by atoms with van der Waals surface area (Å²) >= 11 is 7.18. The molecule has 0 aromatic heterocycles. The molecule has 0 radical (unpaired) electrons. The van der Waals surface area contributed by atoms with Gasteiger partial charge in [-0.05, 0) is 40.5 Å². The average molecular weight is 504 g/mol. The molecule has 1 atom stereocenters. The fraction of sp³-hybridized carbons (Fsp3) is 0.964. The van der Waals surface area contributed by atoms with Crippen molar-refractivity contribution in [1.82, 2.24) is 4.90 Å². The molecule has 0 aromatic carbocycles. The highest BCUT2D eigenvalue weighted by Crippen LogP contribution is 2.17. The van der Waals surface area contributed by atoms with Crippen LogP contribution in [0.15, 0.2) is 0 Å². The summed E-state index contributed by atoms with van der Waals surface area (Å²) in [6, 6.07) is 0. The normalized spacial score (nSPS) is 12.8. The molecule has 3 nitrogen and oxygen atoms in total. The summed E-state index contributed by atoms with van der Waals surface area (Å²) in [5.74, 6) is 0.716. The van der Waals surface area contributed by atoms with Crippen LogP contribution in [0.2, 0.25) is 0 Å². The van der Waals surface area contributed by atoms with E-state index in [2.05, 4.69) is 39.5 Å². The molecule has 0 saturated heterocycles. The van der Waals surface area contributed by atoms with Crippen LogP contribution in [0.25, 0.3) is 0 Å². The molecule has 0 fully saturated rings. The van der Waals surface area contributed by atoms with Crippen molar-refractivity contribution in [3.05, 3.63) is 0 Å². The highest BCUT2D eigenvalue weighted by molar-refractivity contribution is 8.22. The lowest BCUT2D eigenvalue weighted by Gasteiger charge is -2.38. The minimum Gasteiger partial charge on any atom is -0.386 e. The van der Waals surface area contributed by atoms with E-state index in [9.17, 15) is 5.11 Å². The topological polar surface area (TPSA) is 23.5 Å². The molecule has 0 bridgehead atoms. The lowest BCUT2D eigenvalue weighted by molar-refractivity contribution is -0.927. The van der Waals surface area contributed by atoms with E-state index >= 15 is 0 Å². The first-order valence-corrected chi connectivity index (χ1v) is 15.8. The maximum Gasteiger partial charge on any atom is 0.136 e. The van der Waals surface area contributed by atoms with Gasteiger partial charge in [-0.15, -0.1) is 0 Å². The molecule has 0 spiro atoms. The number of nitrogens with zero attached hydrogens (tertiary/aromatic N) is 2. The lowest BCUT2D eigenvalue weighted by Crippen LogP contribution is -2.53. The third kappa shape index (κ3) is 17.3. The van der Waals surface area contributed by atoms with Gasteiger partial charge in [-0.3, -0.25) is 0 Å². The van der Waals surface area contributed by atoms with Gasteiger partial charge in [-0.25, -0.2) is 0 Å². The van der Waals surface area contributed by atoms with Gasteiger partial charge in [0.1, 0.15) is 17.0 Å². The maximum atomic E-state index is 10.7. The fourth-order valence-electron chi connectivity index (χ4n) is 4.77. The minimum absolute atomic E-state index is 0.282. The first-order valence-electron chi connectivity index (χ1n) is 14.4. The smallest absolute Gasteiger partial charge is 0.136 e. The Kier molecular flexibility index (Phi) is 22.7. The molecular formula is C28H59N2OS2+. The molecule has 0 aromatic rings. The first-order chi connectivity index (χ1) is 16.0. The molecule has 33 heavy (non-hydrogen) atoms. The number of quaternary nitrogens is 1. The number of hydrogen-bond donors (Lipinski definition) is 1. The Hall–Kier alpha value is 0.160. The highest BCUT2D eigenvalue weighted by Gasteiger charge is 2.27. The Morgan fingerprint density at radius 2 is 1.15 bits per heavy atom. The van der Waals surface area contributed by atoms with E-state index in [0.717, 1.165) is 41.5 Å². The van der Waals surface area contributed by atoms with Crippen LogP contribution in [-0.4, -0.2) is 69.9 Å². The van der Waals surface area contributed by atoms with Crippen LogP contribution in [0, 0.1) is 0 Å². The van der Waals surface area contributed by atoms with E-state index < -0.39 is 0 Å². The lowest BCUT2D eigenvalue weighted by atomic mass is 10.0. The van der Waals surface area contributed by atoms with E-state index in [1.807, 2.05) is 0 Å². The van der Waals surface area contributed by atoms with Gasteiger partial charge in [0, 0.05) is 18.8 Å². The van der Waals surface area contributed by atoms with Gasteiger partial charge in [0.25, 0.3) is 0 Å². The number of thiocarbonyl (C=S) groups is 1. The van der Waals surface area contributed by atoms with Crippen molar-refractivity contribution in [3.63, 3.8) is 0 Å². The Labute approximate surface area is 218 Å². The molecule has 0 saturated carbocycles. The number of aliphatic hydroxyl groups is 1. The van der Waals surface area contributed by atoms with E-state index in [-0.39, 0.29) is 6.10 Å². The molecule has 1 N–H and O–H groups in total. The average Bonchev–Trinajstić information content (AvgIpc) is 2.83. The third-order valence-electron chi connectivity index (χ3n) is 7.35. The van der Waals surface area contributed by atoms with Crippen LogP contribution in [-0.2, 0) is 0 Å². The minimum atomic E-state index is -0.282. The van der Waals surface area contributed by atoms with Crippen molar-refractivity contribution in [2.45, 2.75) is 131 Å². The molecule has 1 unspecified atom stereocenters. The summed E-state index contributed by atoms with van der Waals surface area (Å²) in [6.07, 6.45) is 19.4. The molecule has 0 rings (SSSR count). The number of rotatable bonds is 23. The summed E-state index contributed by atoms with van der Waals surface area (Å²) < 4.78 is 1.97. The summed E-state index contributed by atoms with van der Waals surface area (Å²) in [6.45, 7) is 17.3. The van der Waals surface area contributed by atoms with Crippen molar-refractivity contribution in [2.75, 3.05) is 45.0 Å². The van der Waals surface area contributed by atoms with Gasteiger partial charge >= 0.3 is 0 Å². The Morgan fingerprint density at radius 1 is 0.727 bits per heavy atom. The van der Waals surface area contributed by atoms with Gasteiger partial charge < -0.3 is 14.5 Å². The molecule has 0 amide bonds. The Bertz CT molecular complexity index is 440. The van der Waals surface area contributed by atoms with Crippen LogP contribution in [0.3, 0.4) is 0 Å². The van der Waals surface area contributed by atoms with Crippen molar-refractivity contribution < 1.29 is 9.59 Å². The zero-order valence-electron chi connectivity index (χ0n) is 23.1. The summed E-state index contributed by atoms with van der Waals surface area (Å²) in [4.78, 5) is 2.20. The third-order valence-corrected chi connectivity index (χ3v) is 9.01. The highest BCUT2D eigenvalue weighted by atomic mass is 32.2. The van der Waals surface area contributed by atoms with Crippen molar-refractivity contribution in [2.24, 2.45) is 0 Å². The monoisotopic (exact) mass is 503 g/mol. The molecule has 0 heterocycles. The summed E-state index contributed by atoms with van der Waals surface area (Å²) in [5.41, 5.74) is 0. The summed E-state index contributed by atoms with van der Waals surface area (Å²) in [5, 5.41) is 10.7. The molecule has 0 aliphatic rings. The number of unbranched alkanes of at least 4 members (excludes halogenated alkanes) is 13. The van der Waals surface area contributed by atoms with Crippen LogP contribution < -0.4 is 0 Å². The SMILES string of the molecule is CCCCCCCCCCCCCCCC[N+](CC)(CC)CC(O)CSC(=S)N(CC)CC. The fourth-order valence-corrected chi connectivity index (χ4v) is 6.11. The predicted octanol–water partition coefficient (Wildman–Crippen LogP) is 8.05. The quantitative estimate of drug-likeness (QED) is 0.0865. The van der Waals surface area contributed by atoms with Gasteiger partial charge in [0.15, 0.2) is 0 Å². The molecule has 0 aliphatic heterocycles. The second-order valence-electron chi connectivity index (χ2n) is 9.88. The number of thioether (sulfide) groups is 1. The van der Waals surface area contributed by atoms with Crippen LogP contribution in [0.4, 0.5) is 0 Å². The van der Waals surface area contributed by atoms with E-state index in [1.54, 1.807) is 11.8 Å². The second-order valence-corrected chi connectivity index (χ2v) is 11.5. The van der Waals surface area contributed by atoms with E-state index in [1.165, 1.54) is 96.4 Å². The van der Waals surface area contributed by atoms with E-state index in [0.29, 0.717) is 5.75 Å². The van der Waals surface area contributed by atoms with Gasteiger partial charge in [-0.1, -0.05) is 108 Å². The van der Waals surface area contributed by atoms with Gasteiger partial charge in [-0.2, -0.15) is 0 Å². The second kappa shape index (κ2) is 22.6. The maximum absolute atomic E-state index is 10.7. The number of aliphatic hydroxyl groups excluding tert-OH is 1. The summed E-state index contributed by atoms with van der Waals surface area (Å²) in [7, 11) is 0. The zero-order chi connectivity index (χ0) is 24.8. The van der Waals surface area contributed by atoms with E-state index in [4.69, 9.17) is 12.2 Å². The Morgan fingerprint density at radius 3 is 1.55 bits per heavy atom. The van der Waals surface area contributed by atoms with Crippen molar-refractivity contribution >= 4 is 28.3 Å². The van der Waals surface area contributed by atoms with Crippen molar-refractivity contribution in [3.8, 4) is 0 Å². The van der Waals surface area contributed by atoms with Crippen LogP contribution in [0.1, 0.15) is 125 Å². The molecule has 5 heteroatoms. The van der Waals surface area contributed by atoms with Crippen LogP contribution >= 0.6 is 24.0 Å². The van der Waals surface area contributed by atoms with Crippen LogP contribution in [0.5, 0.6) is 0 Å². The number of hydrogen-bond acceptors (Lipinski definition) is 3. The zero-order valence-corrected chi connectivity index (χ0v) is 24.7. The molecule has 0 aliphatic carbocycles.